The van der Waals surface area contributed by atoms with Gasteiger partial charge >= 0.3 is 5.97 Å². The first-order valence-electron chi connectivity index (χ1n) is 10.6. The van der Waals surface area contributed by atoms with Crippen LogP contribution in [0.1, 0.15) is 57.8 Å². The third kappa shape index (κ3) is 5.22. The van der Waals surface area contributed by atoms with Gasteiger partial charge in [-0.2, -0.15) is 0 Å². The van der Waals surface area contributed by atoms with Crippen molar-refractivity contribution in [1.82, 2.24) is 5.32 Å². The maximum absolute atomic E-state index is 12.9. The van der Waals surface area contributed by atoms with Gasteiger partial charge in [-0.05, 0) is 75.0 Å². The van der Waals surface area contributed by atoms with Gasteiger partial charge in [0.2, 0.25) is 5.91 Å². The fourth-order valence-corrected chi connectivity index (χ4v) is 5.28. The van der Waals surface area contributed by atoms with Crippen molar-refractivity contribution in [3.63, 3.8) is 0 Å². The first-order valence-corrected chi connectivity index (χ1v) is 10.6. The Hall–Kier alpha value is -1.62. The largest absolute Gasteiger partial charge is 0.481 e. The van der Waals surface area contributed by atoms with E-state index in [-0.39, 0.29) is 30.1 Å². The lowest BCUT2D eigenvalue weighted by Crippen LogP contribution is -2.42. The third-order valence-electron chi connectivity index (χ3n) is 6.74. The van der Waals surface area contributed by atoms with E-state index in [1.807, 2.05) is 0 Å². The van der Waals surface area contributed by atoms with E-state index in [2.05, 4.69) is 29.6 Å². The second-order valence-electron chi connectivity index (χ2n) is 8.51. The molecule has 1 amide bonds. The number of carbonyl (C=O) groups excluding carboxylic acids is 1. The minimum Gasteiger partial charge on any atom is -0.481 e. The van der Waals surface area contributed by atoms with Gasteiger partial charge < -0.3 is 15.5 Å². The zero-order valence-corrected chi connectivity index (χ0v) is 16.1. The van der Waals surface area contributed by atoms with Gasteiger partial charge in [-0.3, -0.25) is 9.59 Å². The zero-order valence-electron chi connectivity index (χ0n) is 16.1. The molecule has 0 aromatic rings. The van der Waals surface area contributed by atoms with Crippen molar-refractivity contribution < 1.29 is 19.8 Å². The molecule has 5 heteroatoms. The van der Waals surface area contributed by atoms with Gasteiger partial charge in [0, 0.05) is 18.9 Å². The Morgan fingerprint density at radius 2 is 2.00 bits per heavy atom. The molecule has 6 unspecified atom stereocenters. The summed E-state index contributed by atoms with van der Waals surface area (Å²) < 4.78 is 0. The monoisotopic (exact) mass is 375 g/mol. The molecule has 2 fully saturated rings. The lowest BCUT2D eigenvalue weighted by Gasteiger charge is -2.29. The average molecular weight is 376 g/mol. The van der Waals surface area contributed by atoms with Crippen molar-refractivity contribution in [2.24, 2.45) is 29.6 Å². The van der Waals surface area contributed by atoms with Gasteiger partial charge in [0.25, 0.3) is 0 Å². The number of allylic oxidation sites excluding steroid dienone is 4. The van der Waals surface area contributed by atoms with Crippen LogP contribution in [0.5, 0.6) is 0 Å². The summed E-state index contributed by atoms with van der Waals surface area (Å²) in [6.07, 6.45) is 16.0. The number of rotatable bonds is 9. The van der Waals surface area contributed by atoms with E-state index >= 15 is 0 Å². The van der Waals surface area contributed by atoms with Crippen LogP contribution in [0, 0.1) is 29.6 Å². The number of hydrogen-bond donors (Lipinski definition) is 3. The van der Waals surface area contributed by atoms with E-state index in [0.717, 1.165) is 38.5 Å². The number of aliphatic hydroxyl groups excluding tert-OH is 1. The van der Waals surface area contributed by atoms with Crippen molar-refractivity contribution in [3.8, 4) is 0 Å². The van der Waals surface area contributed by atoms with E-state index in [9.17, 15) is 14.7 Å². The van der Waals surface area contributed by atoms with E-state index in [1.165, 1.54) is 6.42 Å². The lowest BCUT2D eigenvalue weighted by molar-refractivity contribution is -0.137. The first kappa shape index (κ1) is 20.1. The molecule has 0 radical (unpaired) electrons. The highest BCUT2D eigenvalue weighted by molar-refractivity contribution is 5.80. The molecule has 3 rings (SSSR count). The lowest BCUT2D eigenvalue weighted by atomic mass is 9.78. The Morgan fingerprint density at radius 3 is 2.74 bits per heavy atom. The fourth-order valence-electron chi connectivity index (χ4n) is 5.28. The quantitative estimate of drug-likeness (QED) is 0.426. The number of amides is 1. The summed E-state index contributed by atoms with van der Waals surface area (Å²) in [6, 6.07) is 0. The van der Waals surface area contributed by atoms with Crippen molar-refractivity contribution >= 4 is 11.9 Å². The van der Waals surface area contributed by atoms with Crippen LogP contribution in [0.4, 0.5) is 0 Å². The molecule has 0 aromatic carbocycles. The summed E-state index contributed by atoms with van der Waals surface area (Å²) in [5.41, 5.74) is 0. The van der Waals surface area contributed by atoms with Crippen molar-refractivity contribution in [2.75, 3.05) is 6.54 Å². The minimum atomic E-state index is -0.757. The normalized spacial score (nSPS) is 33.4. The Kier molecular flexibility index (Phi) is 7.11. The van der Waals surface area contributed by atoms with Gasteiger partial charge in [0.1, 0.15) is 0 Å². The molecule has 0 heterocycles. The number of fused-ring (bicyclic) bond motifs is 2. The van der Waals surface area contributed by atoms with Crippen LogP contribution in [-0.4, -0.2) is 34.7 Å². The van der Waals surface area contributed by atoms with E-state index in [4.69, 9.17) is 5.11 Å². The number of aliphatic hydroxyl groups is 1. The molecule has 2 bridgehead atoms. The Morgan fingerprint density at radius 1 is 1.19 bits per heavy atom. The van der Waals surface area contributed by atoms with Gasteiger partial charge in [0.05, 0.1) is 6.10 Å². The smallest absolute Gasteiger partial charge is 0.303 e. The number of carbonyl (C=O) groups is 2. The van der Waals surface area contributed by atoms with Gasteiger partial charge in [0.15, 0.2) is 0 Å². The van der Waals surface area contributed by atoms with Crippen LogP contribution in [0.25, 0.3) is 0 Å². The van der Waals surface area contributed by atoms with Gasteiger partial charge in [-0.25, -0.2) is 0 Å². The second kappa shape index (κ2) is 9.54. The standard InChI is InChI=1S/C22H33NO4/c24-19(15-7-3-1-4-8-15)14-23-22(27)21-17-12-11-16(13-17)18(21)9-5-2-6-10-20(25)26/h1,3,5,9,15-19,21,24H,2,4,6-8,10-14H2,(H,23,27)(H,25,26). The van der Waals surface area contributed by atoms with Crippen LogP contribution in [0.15, 0.2) is 24.3 Å². The summed E-state index contributed by atoms with van der Waals surface area (Å²) in [4.78, 5) is 23.5. The number of carboxylic acid groups (broad SMARTS) is 1. The predicted octanol–water partition coefficient (Wildman–Crippen LogP) is 3.29. The zero-order chi connectivity index (χ0) is 19.2. The Bertz CT molecular complexity index is 585. The Labute approximate surface area is 161 Å². The summed E-state index contributed by atoms with van der Waals surface area (Å²) in [6.45, 7) is 0.347. The molecule has 150 valence electrons. The third-order valence-corrected chi connectivity index (χ3v) is 6.74. The molecule has 3 aliphatic rings. The first-order chi connectivity index (χ1) is 13.1. The van der Waals surface area contributed by atoms with E-state index in [1.54, 1.807) is 0 Å². The van der Waals surface area contributed by atoms with Crippen molar-refractivity contribution in [1.29, 1.82) is 0 Å². The van der Waals surface area contributed by atoms with Crippen LogP contribution in [0.3, 0.4) is 0 Å². The number of hydrogen-bond acceptors (Lipinski definition) is 3. The van der Waals surface area contributed by atoms with Crippen molar-refractivity contribution in [2.45, 2.75) is 63.9 Å². The highest BCUT2D eigenvalue weighted by Crippen LogP contribution is 2.53. The van der Waals surface area contributed by atoms with Gasteiger partial charge in [-0.1, -0.05) is 24.3 Å². The molecule has 2 saturated carbocycles. The molecule has 0 aromatic heterocycles. The number of nitrogens with one attached hydrogen (secondary N) is 1. The molecule has 0 spiro atoms. The molecule has 0 saturated heterocycles. The summed E-state index contributed by atoms with van der Waals surface area (Å²) >= 11 is 0. The molecular weight excluding hydrogens is 342 g/mol. The average Bonchev–Trinajstić information content (AvgIpc) is 3.27. The highest BCUT2D eigenvalue weighted by Gasteiger charge is 2.49. The van der Waals surface area contributed by atoms with Crippen LogP contribution in [-0.2, 0) is 9.59 Å². The van der Waals surface area contributed by atoms with Crippen LogP contribution < -0.4 is 5.32 Å². The summed E-state index contributed by atoms with van der Waals surface area (Å²) in [5.74, 6) is 0.898. The van der Waals surface area contributed by atoms with Crippen LogP contribution in [0.2, 0.25) is 0 Å². The summed E-state index contributed by atoms with van der Waals surface area (Å²) in [5, 5.41) is 22.1. The summed E-state index contributed by atoms with van der Waals surface area (Å²) in [7, 11) is 0. The van der Waals surface area contributed by atoms with Crippen molar-refractivity contribution in [3.05, 3.63) is 24.3 Å². The fraction of sp³-hybridized carbons (Fsp3) is 0.727. The van der Waals surface area contributed by atoms with E-state index in [0.29, 0.717) is 24.8 Å². The molecule has 27 heavy (non-hydrogen) atoms. The van der Waals surface area contributed by atoms with Crippen LogP contribution >= 0.6 is 0 Å². The number of aliphatic carboxylic acids is 1. The molecule has 5 nitrogen and oxygen atoms in total. The number of unbranched alkanes of at least 4 members (excludes halogenated alkanes) is 1. The second-order valence-corrected chi connectivity index (χ2v) is 8.51. The minimum absolute atomic E-state index is 0.0120. The maximum Gasteiger partial charge on any atom is 0.303 e. The molecular formula is C22H33NO4. The molecule has 3 N–H and O–H groups in total. The SMILES string of the molecule is O=C(O)CCCC=CC1C2CCC(C2)C1C(=O)NCC(O)C1CC=CCC1. The maximum atomic E-state index is 12.9. The van der Waals surface area contributed by atoms with Gasteiger partial charge in [-0.15, -0.1) is 0 Å². The molecule has 0 aliphatic heterocycles. The highest BCUT2D eigenvalue weighted by atomic mass is 16.4. The Balaban J connectivity index is 1.50. The predicted molar refractivity (Wildman–Crippen MR) is 104 cm³/mol. The molecule has 6 atom stereocenters. The number of carboxylic acids is 1. The van der Waals surface area contributed by atoms with E-state index < -0.39 is 12.1 Å². The molecule has 3 aliphatic carbocycles. The topological polar surface area (TPSA) is 86.6 Å².